The van der Waals surface area contributed by atoms with E-state index in [1.807, 2.05) is 43.0 Å². The number of carboxylic acid groups (broad SMARTS) is 1. The summed E-state index contributed by atoms with van der Waals surface area (Å²) in [6, 6.07) is 16.1. The monoisotopic (exact) mass is 380 g/mol. The molecule has 0 unspecified atom stereocenters. The van der Waals surface area contributed by atoms with Crippen LogP contribution in [0.15, 0.2) is 48.5 Å². The number of hydrogen-bond donors (Lipinski definition) is 1. The molecule has 1 saturated heterocycles. The number of benzene rings is 2. The second kappa shape index (κ2) is 9.02. The van der Waals surface area contributed by atoms with Crippen molar-refractivity contribution >= 4 is 11.9 Å². The molecule has 5 heteroatoms. The first-order valence-electron chi connectivity index (χ1n) is 9.82. The van der Waals surface area contributed by atoms with Gasteiger partial charge in [0, 0.05) is 44.2 Å². The van der Waals surface area contributed by atoms with Gasteiger partial charge >= 0.3 is 5.97 Å². The Bertz CT molecular complexity index is 824. The minimum absolute atomic E-state index is 0.0629. The van der Waals surface area contributed by atoms with Gasteiger partial charge in [0.15, 0.2) is 0 Å². The van der Waals surface area contributed by atoms with Gasteiger partial charge < -0.3 is 10.0 Å². The number of amides is 1. The van der Waals surface area contributed by atoms with Gasteiger partial charge in [0.1, 0.15) is 0 Å². The maximum atomic E-state index is 12.8. The Morgan fingerprint density at radius 3 is 2.25 bits per heavy atom. The van der Waals surface area contributed by atoms with Gasteiger partial charge in [0.2, 0.25) is 0 Å². The second-order valence-corrected chi connectivity index (χ2v) is 7.56. The molecule has 1 heterocycles. The molecule has 1 aliphatic rings. The molecule has 0 spiro atoms. The predicted octanol–water partition coefficient (Wildman–Crippen LogP) is 3.67. The number of hydrogen-bond acceptors (Lipinski definition) is 3. The normalized spacial score (nSPS) is 16.0. The summed E-state index contributed by atoms with van der Waals surface area (Å²) in [5, 5.41) is 9.14. The number of carbonyl (C=O) groups is 2. The summed E-state index contributed by atoms with van der Waals surface area (Å²) >= 11 is 0. The van der Waals surface area contributed by atoms with E-state index in [0.29, 0.717) is 19.5 Å². The van der Waals surface area contributed by atoms with Crippen molar-refractivity contribution in [1.29, 1.82) is 0 Å². The molecule has 0 aliphatic carbocycles. The van der Waals surface area contributed by atoms with Crippen molar-refractivity contribution in [3.05, 3.63) is 70.8 Å². The van der Waals surface area contributed by atoms with Crippen LogP contribution in [0.1, 0.15) is 45.9 Å². The maximum Gasteiger partial charge on any atom is 0.303 e. The van der Waals surface area contributed by atoms with Crippen molar-refractivity contribution in [2.24, 2.45) is 0 Å². The van der Waals surface area contributed by atoms with Crippen LogP contribution < -0.4 is 0 Å². The summed E-state index contributed by atoms with van der Waals surface area (Å²) in [5.41, 5.74) is 4.15. The molecule has 2 aromatic rings. The van der Waals surface area contributed by atoms with E-state index in [1.165, 1.54) is 5.56 Å². The highest BCUT2D eigenvalue weighted by Gasteiger charge is 2.28. The number of carboxylic acids is 1. The van der Waals surface area contributed by atoms with Crippen LogP contribution in [0.5, 0.6) is 0 Å². The van der Waals surface area contributed by atoms with Crippen molar-refractivity contribution in [1.82, 2.24) is 9.80 Å². The van der Waals surface area contributed by atoms with Crippen LogP contribution in [0.2, 0.25) is 0 Å². The van der Waals surface area contributed by atoms with Gasteiger partial charge in [-0.3, -0.25) is 14.5 Å². The molecule has 1 N–H and O–H groups in total. The number of carbonyl (C=O) groups excluding carboxylic acids is 1. The van der Waals surface area contributed by atoms with Crippen LogP contribution in [0.25, 0.3) is 0 Å². The highest BCUT2D eigenvalue weighted by molar-refractivity contribution is 5.94. The molecular weight excluding hydrogens is 352 g/mol. The number of aryl methyl sites for hydroxylation is 2. The van der Waals surface area contributed by atoms with E-state index < -0.39 is 5.97 Å². The molecule has 5 nitrogen and oxygen atoms in total. The molecule has 2 aromatic carbocycles. The Labute approximate surface area is 166 Å². The first-order valence-corrected chi connectivity index (χ1v) is 9.82. The van der Waals surface area contributed by atoms with Crippen LogP contribution in [-0.2, 0) is 4.79 Å². The van der Waals surface area contributed by atoms with Crippen molar-refractivity contribution in [3.8, 4) is 0 Å². The summed E-state index contributed by atoms with van der Waals surface area (Å²) in [6.45, 7) is 6.84. The van der Waals surface area contributed by atoms with Gasteiger partial charge in [0.05, 0.1) is 0 Å². The van der Waals surface area contributed by atoms with Crippen LogP contribution in [-0.4, -0.2) is 53.0 Å². The summed E-state index contributed by atoms with van der Waals surface area (Å²) in [4.78, 5) is 28.1. The van der Waals surface area contributed by atoms with Crippen LogP contribution in [0.3, 0.4) is 0 Å². The molecule has 148 valence electrons. The van der Waals surface area contributed by atoms with Crippen molar-refractivity contribution < 1.29 is 14.7 Å². The quantitative estimate of drug-likeness (QED) is 0.831. The lowest BCUT2D eigenvalue weighted by Crippen LogP contribution is -2.49. The SMILES string of the molecule is Cc1ccc([C@@H](CCC(=O)O)N2CCN(C(=O)c3cccc(C)c3)CC2)cc1. The zero-order chi connectivity index (χ0) is 20.1. The summed E-state index contributed by atoms with van der Waals surface area (Å²) in [7, 11) is 0. The standard InChI is InChI=1S/C23H28N2O3/c1-17-6-8-19(9-7-17)21(10-11-22(26)27)24-12-14-25(15-13-24)23(28)20-5-3-4-18(2)16-20/h3-9,16,21H,10-15H2,1-2H3,(H,26,27)/t21-/m1/s1. The minimum atomic E-state index is -0.773. The lowest BCUT2D eigenvalue weighted by atomic mass is 9.98. The van der Waals surface area contributed by atoms with Crippen LogP contribution in [0, 0.1) is 13.8 Å². The first-order chi connectivity index (χ1) is 13.4. The molecular formula is C23H28N2O3. The van der Waals surface area contributed by atoms with Gasteiger partial charge in [0.25, 0.3) is 5.91 Å². The highest BCUT2D eigenvalue weighted by atomic mass is 16.4. The maximum absolute atomic E-state index is 12.8. The molecule has 28 heavy (non-hydrogen) atoms. The molecule has 1 amide bonds. The Hall–Kier alpha value is -2.66. The number of aliphatic carboxylic acids is 1. The highest BCUT2D eigenvalue weighted by Crippen LogP contribution is 2.27. The molecule has 3 rings (SSSR count). The Morgan fingerprint density at radius 1 is 0.964 bits per heavy atom. The average Bonchev–Trinajstić information content (AvgIpc) is 2.69. The lowest BCUT2D eigenvalue weighted by molar-refractivity contribution is -0.137. The molecule has 0 saturated carbocycles. The summed E-state index contributed by atoms with van der Waals surface area (Å²) in [6.07, 6.45) is 0.713. The molecule has 1 atom stereocenters. The molecule has 0 bridgehead atoms. The van der Waals surface area contributed by atoms with E-state index >= 15 is 0 Å². The van der Waals surface area contributed by atoms with E-state index in [9.17, 15) is 9.59 Å². The smallest absolute Gasteiger partial charge is 0.303 e. The second-order valence-electron chi connectivity index (χ2n) is 7.56. The van der Waals surface area contributed by atoms with Crippen molar-refractivity contribution in [2.75, 3.05) is 26.2 Å². The van der Waals surface area contributed by atoms with E-state index in [4.69, 9.17) is 5.11 Å². The fourth-order valence-corrected chi connectivity index (χ4v) is 3.81. The third kappa shape index (κ3) is 4.98. The van der Waals surface area contributed by atoms with Crippen molar-refractivity contribution in [2.45, 2.75) is 32.7 Å². The Balaban J connectivity index is 1.68. The van der Waals surface area contributed by atoms with E-state index in [2.05, 4.69) is 29.2 Å². The summed E-state index contributed by atoms with van der Waals surface area (Å²) < 4.78 is 0. The predicted molar refractivity (Wildman–Crippen MR) is 109 cm³/mol. The molecule has 1 fully saturated rings. The molecule has 0 aromatic heterocycles. The largest absolute Gasteiger partial charge is 0.481 e. The zero-order valence-electron chi connectivity index (χ0n) is 16.6. The zero-order valence-corrected chi connectivity index (χ0v) is 16.6. The first kappa shape index (κ1) is 20.1. The van der Waals surface area contributed by atoms with Gasteiger partial charge in [-0.05, 0) is 38.0 Å². The number of rotatable bonds is 6. The van der Waals surface area contributed by atoms with E-state index in [1.54, 1.807) is 0 Å². The van der Waals surface area contributed by atoms with Gasteiger partial charge in [-0.15, -0.1) is 0 Å². The number of nitrogens with zero attached hydrogens (tertiary/aromatic N) is 2. The Kier molecular flexibility index (Phi) is 6.47. The fourth-order valence-electron chi connectivity index (χ4n) is 3.81. The topological polar surface area (TPSA) is 60.9 Å². The Morgan fingerprint density at radius 2 is 1.64 bits per heavy atom. The third-order valence-corrected chi connectivity index (χ3v) is 5.40. The lowest BCUT2D eigenvalue weighted by Gasteiger charge is -2.39. The van der Waals surface area contributed by atoms with E-state index in [0.717, 1.165) is 29.8 Å². The number of piperazine rings is 1. The van der Waals surface area contributed by atoms with E-state index in [-0.39, 0.29) is 18.4 Å². The summed E-state index contributed by atoms with van der Waals surface area (Å²) in [5.74, 6) is -0.703. The van der Waals surface area contributed by atoms with Gasteiger partial charge in [-0.25, -0.2) is 0 Å². The van der Waals surface area contributed by atoms with Crippen molar-refractivity contribution in [3.63, 3.8) is 0 Å². The third-order valence-electron chi connectivity index (χ3n) is 5.40. The molecule has 0 radical (unpaired) electrons. The van der Waals surface area contributed by atoms with Gasteiger partial charge in [-0.1, -0.05) is 47.5 Å². The average molecular weight is 380 g/mol. The fraction of sp³-hybridized carbons (Fsp3) is 0.391. The molecule has 1 aliphatic heterocycles. The van der Waals surface area contributed by atoms with Crippen LogP contribution in [0.4, 0.5) is 0 Å². The minimum Gasteiger partial charge on any atom is -0.481 e. The van der Waals surface area contributed by atoms with Crippen LogP contribution >= 0.6 is 0 Å². The van der Waals surface area contributed by atoms with Gasteiger partial charge in [-0.2, -0.15) is 0 Å².